The van der Waals surface area contributed by atoms with E-state index in [4.69, 9.17) is 0 Å². The van der Waals surface area contributed by atoms with Crippen LogP contribution in [0.3, 0.4) is 0 Å². The van der Waals surface area contributed by atoms with Crippen LogP contribution in [0, 0.1) is 5.41 Å². The number of aryl methyl sites for hydroxylation is 1. The molecule has 0 saturated carbocycles. The minimum absolute atomic E-state index is 0.0655. The number of allylic oxidation sites excluding steroid dienone is 1. The smallest absolute Gasteiger partial charge is 0.0835 e. The van der Waals surface area contributed by atoms with Crippen molar-refractivity contribution in [3.63, 3.8) is 0 Å². The van der Waals surface area contributed by atoms with Gasteiger partial charge in [-0.15, -0.1) is 11.7 Å². The number of hydrogen-bond acceptors (Lipinski definition) is 2. The molecule has 0 aliphatic rings. The third-order valence-electron chi connectivity index (χ3n) is 2.03. The van der Waals surface area contributed by atoms with Crippen molar-refractivity contribution < 1.29 is 0 Å². The molecule has 0 fully saturated rings. The SMILES string of the molecule is C=CC(C)(CBr)Cc1cn(C)nn1. The largest absolute Gasteiger partial charge is 0.255 e. The van der Waals surface area contributed by atoms with E-state index < -0.39 is 0 Å². The van der Waals surface area contributed by atoms with Crippen LogP contribution in [0.5, 0.6) is 0 Å². The lowest BCUT2D eigenvalue weighted by molar-refractivity contribution is 0.486. The zero-order valence-electron chi connectivity index (χ0n) is 8.00. The summed E-state index contributed by atoms with van der Waals surface area (Å²) < 4.78 is 1.72. The topological polar surface area (TPSA) is 30.7 Å². The second-order valence-corrected chi connectivity index (χ2v) is 4.11. The van der Waals surface area contributed by atoms with Crippen LogP contribution in [0.15, 0.2) is 18.9 Å². The van der Waals surface area contributed by atoms with Gasteiger partial charge in [-0.05, 0) is 0 Å². The van der Waals surface area contributed by atoms with E-state index in [1.54, 1.807) is 4.68 Å². The van der Waals surface area contributed by atoms with Gasteiger partial charge in [0.15, 0.2) is 0 Å². The Morgan fingerprint density at radius 2 is 2.46 bits per heavy atom. The molecule has 72 valence electrons. The molecule has 3 nitrogen and oxygen atoms in total. The van der Waals surface area contributed by atoms with Crippen LogP contribution in [-0.2, 0) is 13.5 Å². The molecule has 0 aliphatic heterocycles. The first kappa shape index (κ1) is 10.4. The Hall–Kier alpha value is -0.640. The Kier molecular flexibility index (Phi) is 3.25. The molecule has 1 aromatic rings. The van der Waals surface area contributed by atoms with E-state index in [-0.39, 0.29) is 5.41 Å². The van der Waals surface area contributed by atoms with Gasteiger partial charge in [0.25, 0.3) is 0 Å². The molecular formula is C9H14BrN3. The summed E-state index contributed by atoms with van der Waals surface area (Å²) in [4.78, 5) is 0. The van der Waals surface area contributed by atoms with Gasteiger partial charge in [0, 0.05) is 30.4 Å². The van der Waals surface area contributed by atoms with Crippen LogP contribution in [0.1, 0.15) is 12.6 Å². The molecule has 0 aromatic carbocycles. The highest BCUT2D eigenvalue weighted by atomic mass is 79.9. The van der Waals surface area contributed by atoms with Gasteiger partial charge in [0.2, 0.25) is 0 Å². The Labute approximate surface area is 87.0 Å². The fourth-order valence-corrected chi connectivity index (χ4v) is 1.49. The Balaban J connectivity index is 2.72. The number of hydrogen-bond donors (Lipinski definition) is 0. The van der Waals surface area contributed by atoms with Crippen molar-refractivity contribution in [3.8, 4) is 0 Å². The molecule has 13 heavy (non-hydrogen) atoms. The van der Waals surface area contributed by atoms with E-state index in [9.17, 15) is 0 Å². The summed E-state index contributed by atoms with van der Waals surface area (Å²) >= 11 is 3.47. The van der Waals surface area contributed by atoms with E-state index in [2.05, 4.69) is 39.7 Å². The van der Waals surface area contributed by atoms with Crippen LogP contribution >= 0.6 is 15.9 Å². The van der Waals surface area contributed by atoms with Gasteiger partial charge < -0.3 is 0 Å². The molecule has 1 atom stereocenters. The van der Waals surface area contributed by atoms with Crippen molar-refractivity contribution in [1.29, 1.82) is 0 Å². The van der Waals surface area contributed by atoms with E-state index in [1.165, 1.54) is 0 Å². The molecule has 1 heterocycles. The third kappa shape index (κ3) is 2.66. The van der Waals surface area contributed by atoms with Gasteiger partial charge in [-0.25, -0.2) is 0 Å². The van der Waals surface area contributed by atoms with Gasteiger partial charge in [0.05, 0.1) is 5.69 Å². The first-order valence-corrected chi connectivity index (χ1v) is 5.26. The van der Waals surface area contributed by atoms with Crippen LogP contribution in [0.4, 0.5) is 0 Å². The minimum Gasteiger partial charge on any atom is -0.255 e. The highest BCUT2D eigenvalue weighted by molar-refractivity contribution is 9.09. The van der Waals surface area contributed by atoms with E-state index in [1.807, 2.05) is 19.3 Å². The monoisotopic (exact) mass is 243 g/mol. The Morgan fingerprint density at radius 1 is 1.77 bits per heavy atom. The zero-order chi connectivity index (χ0) is 9.90. The van der Waals surface area contributed by atoms with Crippen LogP contribution in [-0.4, -0.2) is 20.3 Å². The lowest BCUT2D eigenvalue weighted by Gasteiger charge is -2.20. The van der Waals surface area contributed by atoms with Gasteiger partial charge in [-0.1, -0.05) is 34.1 Å². The average Bonchev–Trinajstić information content (AvgIpc) is 2.51. The predicted molar refractivity (Wildman–Crippen MR) is 56.8 cm³/mol. The molecule has 0 radical (unpaired) electrons. The average molecular weight is 244 g/mol. The van der Waals surface area contributed by atoms with E-state index in [0.29, 0.717) is 0 Å². The van der Waals surface area contributed by atoms with Crippen LogP contribution < -0.4 is 0 Å². The maximum atomic E-state index is 4.04. The minimum atomic E-state index is 0.0655. The number of nitrogens with zero attached hydrogens (tertiary/aromatic N) is 3. The van der Waals surface area contributed by atoms with Gasteiger partial charge in [-0.2, -0.15) is 0 Å². The predicted octanol–water partition coefficient (Wildman–Crippen LogP) is 1.94. The lowest BCUT2D eigenvalue weighted by atomic mass is 9.88. The number of halogens is 1. The number of rotatable bonds is 4. The highest BCUT2D eigenvalue weighted by Crippen LogP contribution is 2.24. The molecule has 0 spiro atoms. The molecule has 0 bridgehead atoms. The molecule has 0 N–H and O–H groups in total. The molecule has 1 unspecified atom stereocenters. The molecular weight excluding hydrogens is 230 g/mol. The lowest BCUT2D eigenvalue weighted by Crippen LogP contribution is -2.18. The molecule has 4 heteroatoms. The van der Waals surface area contributed by atoms with Gasteiger partial charge in [-0.3, -0.25) is 4.68 Å². The molecule has 1 rings (SSSR count). The fraction of sp³-hybridized carbons (Fsp3) is 0.556. The zero-order valence-corrected chi connectivity index (χ0v) is 9.58. The third-order valence-corrected chi connectivity index (χ3v) is 3.31. The van der Waals surface area contributed by atoms with Crippen molar-refractivity contribution in [1.82, 2.24) is 15.0 Å². The van der Waals surface area contributed by atoms with Gasteiger partial charge in [0.1, 0.15) is 0 Å². The number of alkyl halides is 1. The summed E-state index contributed by atoms with van der Waals surface area (Å²) in [6.45, 7) is 5.96. The van der Waals surface area contributed by atoms with Crippen molar-refractivity contribution in [3.05, 3.63) is 24.5 Å². The Morgan fingerprint density at radius 3 is 2.85 bits per heavy atom. The maximum Gasteiger partial charge on any atom is 0.0835 e. The molecule has 0 saturated heterocycles. The summed E-state index contributed by atoms with van der Waals surface area (Å²) in [5, 5.41) is 8.82. The Bertz CT molecular complexity index is 295. The molecule has 0 amide bonds. The van der Waals surface area contributed by atoms with Crippen molar-refractivity contribution in [2.75, 3.05) is 5.33 Å². The fourth-order valence-electron chi connectivity index (χ4n) is 1.06. The highest BCUT2D eigenvalue weighted by Gasteiger charge is 2.20. The molecule has 0 aliphatic carbocycles. The van der Waals surface area contributed by atoms with Crippen molar-refractivity contribution in [2.45, 2.75) is 13.3 Å². The first-order chi connectivity index (χ1) is 6.09. The summed E-state index contributed by atoms with van der Waals surface area (Å²) in [5.74, 6) is 0. The van der Waals surface area contributed by atoms with Crippen LogP contribution in [0.2, 0.25) is 0 Å². The summed E-state index contributed by atoms with van der Waals surface area (Å²) in [7, 11) is 1.87. The van der Waals surface area contributed by atoms with Crippen molar-refractivity contribution in [2.24, 2.45) is 12.5 Å². The summed E-state index contributed by atoms with van der Waals surface area (Å²) in [6, 6.07) is 0. The number of aromatic nitrogens is 3. The maximum absolute atomic E-state index is 4.04. The van der Waals surface area contributed by atoms with E-state index in [0.717, 1.165) is 17.4 Å². The standard InChI is InChI=1S/C9H14BrN3/c1-4-9(2,7-10)5-8-6-13(3)12-11-8/h4,6H,1,5,7H2,2-3H3. The second kappa shape index (κ2) is 4.05. The quantitative estimate of drug-likeness (QED) is 0.598. The van der Waals surface area contributed by atoms with Crippen LogP contribution in [0.25, 0.3) is 0 Å². The van der Waals surface area contributed by atoms with Gasteiger partial charge >= 0.3 is 0 Å². The van der Waals surface area contributed by atoms with Crippen molar-refractivity contribution >= 4 is 15.9 Å². The first-order valence-electron chi connectivity index (χ1n) is 4.14. The molecule has 1 aromatic heterocycles. The normalized spacial score (nSPS) is 15.3. The second-order valence-electron chi connectivity index (χ2n) is 3.55. The summed E-state index contributed by atoms with van der Waals surface area (Å²) in [5.41, 5.74) is 1.07. The summed E-state index contributed by atoms with van der Waals surface area (Å²) in [6.07, 6.45) is 4.76. The van der Waals surface area contributed by atoms with E-state index >= 15 is 0 Å².